The highest BCUT2D eigenvalue weighted by molar-refractivity contribution is 6.04. The van der Waals surface area contributed by atoms with Crippen LogP contribution >= 0.6 is 0 Å². The van der Waals surface area contributed by atoms with Gasteiger partial charge in [0, 0.05) is 34.6 Å². The lowest BCUT2D eigenvalue weighted by molar-refractivity contribution is 1.43. The minimum absolute atomic E-state index is 0.658. The van der Waals surface area contributed by atoms with E-state index in [2.05, 4.69) is 4.98 Å². The van der Waals surface area contributed by atoms with Gasteiger partial charge in [-0.3, -0.25) is 0 Å². The lowest BCUT2D eigenvalue weighted by Crippen LogP contribution is -1.93. The monoisotopic (exact) mass is 203 g/mol. The molecular formula is C12H17N3. The van der Waals surface area contributed by atoms with Gasteiger partial charge in [-0.1, -0.05) is 13.8 Å². The van der Waals surface area contributed by atoms with E-state index in [1.807, 2.05) is 39.1 Å². The van der Waals surface area contributed by atoms with Crippen molar-refractivity contribution in [3.63, 3.8) is 0 Å². The van der Waals surface area contributed by atoms with Crippen LogP contribution in [0.3, 0.4) is 0 Å². The van der Waals surface area contributed by atoms with E-state index in [-0.39, 0.29) is 0 Å². The lowest BCUT2D eigenvalue weighted by atomic mass is 10.1. The van der Waals surface area contributed by atoms with Crippen LogP contribution in [0, 0.1) is 12.3 Å². The zero-order chi connectivity index (χ0) is 11.4. The predicted octanol–water partition coefficient (Wildman–Crippen LogP) is 3.08. The SMILES string of the molecule is CC.Cc1c[nH]c2ccc(N)c(C=N)c12. The molecule has 0 amide bonds. The Morgan fingerprint density at radius 2 is 2.00 bits per heavy atom. The van der Waals surface area contributed by atoms with Crippen molar-refractivity contribution in [1.82, 2.24) is 4.98 Å². The standard InChI is InChI=1S/C10H11N3.C2H6/c1-6-5-13-9-3-2-8(12)7(4-11)10(6)9;1-2/h2-5,11,13H,12H2,1H3;1-2H3. The third-order valence-corrected chi connectivity index (χ3v) is 2.26. The topological polar surface area (TPSA) is 65.7 Å². The first-order valence-electron chi connectivity index (χ1n) is 5.10. The molecule has 0 aliphatic carbocycles. The summed E-state index contributed by atoms with van der Waals surface area (Å²) in [6.07, 6.45) is 3.23. The highest BCUT2D eigenvalue weighted by Crippen LogP contribution is 2.24. The molecule has 4 N–H and O–H groups in total. The minimum atomic E-state index is 0.658. The largest absolute Gasteiger partial charge is 0.398 e. The highest BCUT2D eigenvalue weighted by Gasteiger charge is 2.06. The average molecular weight is 203 g/mol. The molecule has 1 heterocycles. The van der Waals surface area contributed by atoms with Crippen molar-refractivity contribution in [2.45, 2.75) is 20.8 Å². The molecule has 0 unspecified atom stereocenters. The maximum Gasteiger partial charge on any atom is 0.0464 e. The molecule has 15 heavy (non-hydrogen) atoms. The van der Waals surface area contributed by atoms with Gasteiger partial charge in [-0.05, 0) is 24.6 Å². The van der Waals surface area contributed by atoms with Gasteiger partial charge in [0.2, 0.25) is 0 Å². The number of aromatic amines is 1. The van der Waals surface area contributed by atoms with Gasteiger partial charge in [-0.25, -0.2) is 0 Å². The molecule has 0 saturated carbocycles. The number of nitrogen functional groups attached to an aromatic ring is 1. The summed E-state index contributed by atoms with van der Waals surface area (Å²) in [6.45, 7) is 6.01. The van der Waals surface area contributed by atoms with Crippen molar-refractivity contribution in [2.24, 2.45) is 0 Å². The van der Waals surface area contributed by atoms with E-state index in [0.29, 0.717) is 5.69 Å². The first kappa shape index (κ1) is 11.3. The molecule has 0 radical (unpaired) electrons. The van der Waals surface area contributed by atoms with E-state index in [4.69, 9.17) is 11.1 Å². The number of benzene rings is 1. The lowest BCUT2D eigenvalue weighted by Gasteiger charge is -2.01. The maximum atomic E-state index is 7.28. The fraction of sp³-hybridized carbons (Fsp3) is 0.250. The zero-order valence-corrected chi connectivity index (χ0v) is 9.39. The summed E-state index contributed by atoms with van der Waals surface area (Å²) in [5.41, 5.74) is 9.38. The Hall–Kier alpha value is -1.77. The molecule has 3 heteroatoms. The Morgan fingerprint density at radius 3 is 2.60 bits per heavy atom. The second-order valence-corrected chi connectivity index (χ2v) is 3.11. The van der Waals surface area contributed by atoms with Crippen LogP contribution in [0.4, 0.5) is 5.69 Å². The van der Waals surface area contributed by atoms with Gasteiger partial charge in [-0.15, -0.1) is 0 Å². The van der Waals surface area contributed by atoms with E-state index in [1.165, 1.54) is 6.21 Å². The Kier molecular flexibility index (Phi) is 3.50. The van der Waals surface area contributed by atoms with Gasteiger partial charge in [0.25, 0.3) is 0 Å². The summed E-state index contributed by atoms with van der Waals surface area (Å²) in [5.74, 6) is 0. The molecule has 1 aromatic heterocycles. The second-order valence-electron chi connectivity index (χ2n) is 3.11. The van der Waals surface area contributed by atoms with Gasteiger partial charge in [0.1, 0.15) is 0 Å². The van der Waals surface area contributed by atoms with Gasteiger partial charge in [0.15, 0.2) is 0 Å². The molecule has 0 aliphatic heterocycles. The number of hydrogen-bond donors (Lipinski definition) is 3. The summed E-state index contributed by atoms with van der Waals surface area (Å²) in [7, 11) is 0. The molecule has 80 valence electrons. The molecule has 2 rings (SSSR count). The number of H-pyrrole nitrogens is 1. The van der Waals surface area contributed by atoms with Gasteiger partial charge < -0.3 is 16.1 Å². The minimum Gasteiger partial charge on any atom is -0.398 e. The predicted molar refractivity (Wildman–Crippen MR) is 66.7 cm³/mol. The van der Waals surface area contributed by atoms with Crippen molar-refractivity contribution in [3.05, 3.63) is 29.5 Å². The molecule has 0 aliphatic rings. The fourth-order valence-corrected chi connectivity index (χ4v) is 1.59. The number of anilines is 1. The number of nitrogens with two attached hydrogens (primary N) is 1. The number of hydrogen-bond acceptors (Lipinski definition) is 2. The third-order valence-electron chi connectivity index (χ3n) is 2.26. The first-order valence-corrected chi connectivity index (χ1v) is 5.10. The highest BCUT2D eigenvalue weighted by atomic mass is 14.7. The number of aromatic nitrogens is 1. The van der Waals surface area contributed by atoms with Crippen LogP contribution in [0.15, 0.2) is 18.3 Å². The van der Waals surface area contributed by atoms with Gasteiger partial charge in [-0.2, -0.15) is 0 Å². The van der Waals surface area contributed by atoms with Crippen molar-refractivity contribution >= 4 is 22.8 Å². The molecule has 1 aromatic carbocycles. The summed E-state index contributed by atoms with van der Waals surface area (Å²) >= 11 is 0. The number of rotatable bonds is 1. The Morgan fingerprint density at radius 1 is 1.33 bits per heavy atom. The molecule has 0 saturated heterocycles. The Labute approximate surface area is 89.8 Å². The van der Waals surface area contributed by atoms with Crippen molar-refractivity contribution in [2.75, 3.05) is 5.73 Å². The molecule has 2 aromatic rings. The normalized spacial score (nSPS) is 9.53. The van der Waals surface area contributed by atoms with Crippen molar-refractivity contribution < 1.29 is 0 Å². The number of fused-ring (bicyclic) bond motifs is 1. The maximum absolute atomic E-state index is 7.28. The molecule has 0 atom stereocenters. The number of nitrogens with one attached hydrogen (secondary N) is 2. The summed E-state index contributed by atoms with van der Waals surface area (Å²) < 4.78 is 0. The molecule has 3 nitrogen and oxygen atoms in total. The zero-order valence-electron chi connectivity index (χ0n) is 9.39. The van der Waals surface area contributed by atoms with Crippen LogP contribution in [0.25, 0.3) is 10.9 Å². The Balaban J connectivity index is 0.000000531. The van der Waals surface area contributed by atoms with Crippen LogP contribution in [0.2, 0.25) is 0 Å². The first-order chi connectivity index (χ1) is 7.24. The Bertz CT molecular complexity index is 469. The van der Waals surface area contributed by atoms with Crippen LogP contribution in [0.5, 0.6) is 0 Å². The fourth-order valence-electron chi connectivity index (χ4n) is 1.59. The van der Waals surface area contributed by atoms with Crippen LogP contribution < -0.4 is 5.73 Å². The van der Waals surface area contributed by atoms with E-state index >= 15 is 0 Å². The van der Waals surface area contributed by atoms with Gasteiger partial charge in [0.05, 0.1) is 0 Å². The summed E-state index contributed by atoms with van der Waals surface area (Å²) in [5, 5.41) is 8.33. The second kappa shape index (κ2) is 4.64. The van der Waals surface area contributed by atoms with Crippen LogP contribution in [0.1, 0.15) is 25.0 Å². The third kappa shape index (κ3) is 1.86. The van der Waals surface area contributed by atoms with Gasteiger partial charge >= 0.3 is 0 Å². The van der Waals surface area contributed by atoms with E-state index in [0.717, 1.165) is 22.0 Å². The molecule has 0 fully saturated rings. The molecule has 0 spiro atoms. The smallest absolute Gasteiger partial charge is 0.0464 e. The molecular weight excluding hydrogens is 186 g/mol. The molecule has 0 bridgehead atoms. The van der Waals surface area contributed by atoms with Crippen LogP contribution in [-0.2, 0) is 0 Å². The number of aryl methyl sites for hydroxylation is 1. The van der Waals surface area contributed by atoms with Crippen molar-refractivity contribution in [3.8, 4) is 0 Å². The van der Waals surface area contributed by atoms with E-state index < -0.39 is 0 Å². The van der Waals surface area contributed by atoms with Crippen LogP contribution in [-0.4, -0.2) is 11.2 Å². The van der Waals surface area contributed by atoms with E-state index in [9.17, 15) is 0 Å². The quantitative estimate of drug-likeness (QED) is 0.484. The van der Waals surface area contributed by atoms with Crippen molar-refractivity contribution in [1.29, 1.82) is 5.41 Å². The summed E-state index contributed by atoms with van der Waals surface area (Å²) in [6, 6.07) is 3.75. The van der Waals surface area contributed by atoms with E-state index in [1.54, 1.807) is 0 Å². The summed E-state index contributed by atoms with van der Waals surface area (Å²) in [4.78, 5) is 3.13. The average Bonchev–Trinajstić information content (AvgIpc) is 2.64.